The minimum absolute atomic E-state index is 0.00701. The molecular formula is C40H36ClF3N4O6. The predicted molar refractivity (Wildman–Crippen MR) is 194 cm³/mol. The molecule has 1 heterocycles. The van der Waals surface area contributed by atoms with Crippen molar-refractivity contribution in [1.29, 1.82) is 0 Å². The lowest BCUT2D eigenvalue weighted by molar-refractivity contribution is -0.134. The lowest BCUT2D eigenvalue weighted by atomic mass is 9.87. The first-order valence-electron chi connectivity index (χ1n) is 17.4. The van der Waals surface area contributed by atoms with Crippen molar-refractivity contribution in [3.63, 3.8) is 0 Å². The summed E-state index contributed by atoms with van der Waals surface area (Å²) in [6.07, 6.45) is -2.82. The highest BCUT2D eigenvalue weighted by atomic mass is 35.5. The number of rotatable bonds is 8. The van der Waals surface area contributed by atoms with Crippen molar-refractivity contribution in [2.45, 2.75) is 42.8 Å². The van der Waals surface area contributed by atoms with E-state index >= 15 is 0 Å². The highest BCUT2D eigenvalue weighted by molar-refractivity contribution is 6.31. The van der Waals surface area contributed by atoms with Crippen molar-refractivity contribution >= 4 is 41.3 Å². The van der Waals surface area contributed by atoms with Crippen molar-refractivity contribution in [1.82, 2.24) is 15.1 Å². The molecule has 1 aliphatic heterocycles. The second-order valence-electron chi connectivity index (χ2n) is 13.5. The van der Waals surface area contributed by atoms with Crippen molar-refractivity contribution in [2.24, 2.45) is 0 Å². The Labute approximate surface area is 314 Å². The summed E-state index contributed by atoms with van der Waals surface area (Å²) in [6, 6.07) is 22.8. The van der Waals surface area contributed by atoms with Crippen LogP contribution in [-0.4, -0.2) is 85.2 Å². The van der Waals surface area contributed by atoms with Crippen LogP contribution >= 0.6 is 11.6 Å². The van der Waals surface area contributed by atoms with Crippen LogP contribution in [-0.2, 0) is 19.1 Å². The molecule has 1 saturated heterocycles. The lowest BCUT2D eigenvalue weighted by Gasteiger charge is -2.43. The molecule has 0 bridgehead atoms. The van der Waals surface area contributed by atoms with Crippen molar-refractivity contribution in [3.8, 4) is 11.1 Å². The van der Waals surface area contributed by atoms with Crippen LogP contribution in [0.4, 0.5) is 28.4 Å². The van der Waals surface area contributed by atoms with Gasteiger partial charge in [0, 0.05) is 54.2 Å². The molecule has 54 heavy (non-hydrogen) atoms. The molecule has 1 N–H and O–H groups in total. The molecule has 2 aliphatic carbocycles. The Kier molecular flexibility index (Phi) is 10.3. The number of methoxy groups -OCH3 is 1. The Morgan fingerprint density at radius 1 is 0.889 bits per heavy atom. The summed E-state index contributed by atoms with van der Waals surface area (Å²) in [5, 5.41) is 2.66. The molecule has 4 aromatic carbocycles. The molecule has 0 radical (unpaired) electrons. The van der Waals surface area contributed by atoms with Gasteiger partial charge in [0.15, 0.2) is 0 Å². The number of nitrogens with one attached hydrogen (secondary N) is 1. The van der Waals surface area contributed by atoms with Crippen LogP contribution < -0.4 is 10.2 Å². The van der Waals surface area contributed by atoms with E-state index in [0.717, 1.165) is 51.3 Å². The van der Waals surface area contributed by atoms with Gasteiger partial charge in [-0.2, -0.15) is 0 Å². The standard InChI is InChI=1S/C40H36ClF3N4O6/c1-53-39(52)47-18-17-46(38(51)54-23-32-29-13-4-2-11-27(29)28-12-3-5-14-30(28)32)22-34(47)37(50)48(26-10-8-9-24(42)19-26)35(31-15-6-7-16-33(31)41)36(49)45-25-20-40(43,44)21-25/h2-16,19,25,32,34-35H,17-18,20-23H2,1H3,(H,45,49)/t34-,35?/m0/s1. The summed E-state index contributed by atoms with van der Waals surface area (Å²) in [6.45, 7) is -0.528. The molecule has 2 fully saturated rings. The Morgan fingerprint density at radius 3 is 2.17 bits per heavy atom. The number of nitrogens with zero attached hydrogens (tertiary/aromatic N) is 3. The number of hydrogen-bond donors (Lipinski definition) is 1. The smallest absolute Gasteiger partial charge is 0.410 e. The zero-order chi connectivity index (χ0) is 38.1. The van der Waals surface area contributed by atoms with E-state index in [2.05, 4.69) is 5.32 Å². The third-order valence-electron chi connectivity index (χ3n) is 10.1. The van der Waals surface area contributed by atoms with Crippen LogP contribution in [0, 0.1) is 5.82 Å². The van der Waals surface area contributed by atoms with Crippen LogP contribution in [0.25, 0.3) is 11.1 Å². The van der Waals surface area contributed by atoms with Crippen LogP contribution in [0.2, 0.25) is 5.02 Å². The zero-order valence-corrected chi connectivity index (χ0v) is 29.8. The molecule has 1 saturated carbocycles. The van der Waals surface area contributed by atoms with Gasteiger partial charge in [0.05, 0.1) is 13.7 Å². The van der Waals surface area contributed by atoms with E-state index in [1.165, 1.54) is 29.2 Å². The number of benzene rings is 4. The summed E-state index contributed by atoms with van der Waals surface area (Å²) in [4.78, 5) is 59.4. The van der Waals surface area contributed by atoms with Gasteiger partial charge in [0.1, 0.15) is 24.5 Å². The number of amides is 4. The predicted octanol–water partition coefficient (Wildman–Crippen LogP) is 7.17. The number of piperazine rings is 1. The second kappa shape index (κ2) is 15.1. The topological polar surface area (TPSA) is 108 Å². The largest absolute Gasteiger partial charge is 0.453 e. The van der Waals surface area contributed by atoms with Crippen molar-refractivity contribution < 1.29 is 41.8 Å². The van der Waals surface area contributed by atoms with Gasteiger partial charge in [0.25, 0.3) is 11.8 Å². The Balaban J connectivity index is 1.20. The summed E-state index contributed by atoms with van der Waals surface area (Å²) in [5.41, 5.74) is 4.15. The molecule has 10 nitrogen and oxygen atoms in total. The van der Waals surface area contributed by atoms with Gasteiger partial charge in [-0.05, 0) is 46.5 Å². The number of fused-ring (bicyclic) bond motifs is 3. The quantitative estimate of drug-likeness (QED) is 0.204. The fraction of sp³-hybridized carbons (Fsp3) is 0.300. The van der Waals surface area contributed by atoms with E-state index < -0.39 is 66.7 Å². The van der Waals surface area contributed by atoms with Gasteiger partial charge in [-0.1, -0.05) is 84.4 Å². The van der Waals surface area contributed by atoms with E-state index in [0.29, 0.717) is 0 Å². The Morgan fingerprint density at radius 2 is 1.54 bits per heavy atom. The summed E-state index contributed by atoms with van der Waals surface area (Å²) < 4.78 is 53.4. The molecule has 4 aromatic rings. The number of carbonyl (C=O) groups is 4. The van der Waals surface area contributed by atoms with Gasteiger partial charge >= 0.3 is 12.2 Å². The fourth-order valence-corrected chi connectivity index (χ4v) is 7.75. The van der Waals surface area contributed by atoms with E-state index in [4.69, 9.17) is 21.1 Å². The van der Waals surface area contributed by atoms with Crippen molar-refractivity contribution in [3.05, 3.63) is 125 Å². The van der Waals surface area contributed by atoms with Crippen molar-refractivity contribution in [2.75, 3.05) is 38.3 Å². The van der Waals surface area contributed by atoms with Crippen LogP contribution in [0.3, 0.4) is 0 Å². The monoisotopic (exact) mass is 760 g/mol. The van der Waals surface area contributed by atoms with Gasteiger partial charge in [-0.25, -0.2) is 22.8 Å². The minimum Gasteiger partial charge on any atom is -0.453 e. The maximum atomic E-state index is 15.0. The molecule has 3 aliphatic rings. The average molecular weight is 761 g/mol. The number of carbonyl (C=O) groups excluding carboxylic acids is 4. The molecule has 14 heteroatoms. The minimum atomic E-state index is -2.96. The summed E-state index contributed by atoms with van der Waals surface area (Å²) >= 11 is 6.60. The second-order valence-corrected chi connectivity index (χ2v) is 13.9. The average Bonchev–Trinajstić information content (AvgIpc) is 3.48. The maximum absolute atomic E-state index is 15.0. The molecule has 2 atom stereocenters. The summed E-state index contributed by atoms with van der Waals surface area (Å²) in [5.74, 6) is -5.67. The van der Waals surface area contributed by atoms with Crippen LogP contribution in [0.1, 0.15) is 41.5 Å². The number of ether oxygens (including phenoxy) is 2. The molecule has 7 rings (SSSR count). The van der Waals surface area contributed by atoms with Crippen LogP contribution in [0.5, 0.6) is 0 Å². The summed E-state index contributed by atoms with van der Waals surface area (Å²) in [7, 11) is 1.14. The third-order valence-corrected chi connectivity index (χ3v) is 10.5. The normalized spacial score (nSPS) is 18.1. The number of anilines is 1. The SMILES string of the molecule is COC(=O)N1CCN(C(=O)OCC2c3ccccc3-c3ccccc32)C[C@H]1C(=O)N(c1cccc(F)c1)C(C(=O)NC1CC(F)(F)C1)c1ccccc1Cl. The van der Waals surface area contributed by atoms with Crippen LogP contribution in [0.15, 0.2) is 97.1 Å². The lowest BCUT2D eigenvalue weighted by Crippen LogP contribution is -2.63. The molecule has 0 spiro atoms. The van der Waals surface area contributed by atoms with E-state index in [1.807, 2.05) is 48.5 Å². The number of halogens is 4. The first-order valence-corrected chi connectivity index (χ1v) is 17.8. The van der Waals surface area contributed by atoms with Gasteiger partial charge < -0.3 is 19.7 Å². The number of hydrogen-bond acceptors (Lipinski definition) is 6. The number of alkyl halides is 2. The fourth-order valence-electron chi connectivity index (χ4n) is 7.51. The van der Waals surface area contributed by atoms with E-state index in [-0.39, 0.29) is 48.4 Å². The van der Waals surface area contributed by atoms with Gasteiger partial charge in [-0.3, -0.25) is 19.4 Å². The highest BCUT2D eigenvalue weighted by Crippen LogP contribution is 2.45. The highest BCUT2D eigenvalue weighted by Gasteiger charge is 2.49. The molecule has 280 valence electrons. The molecule has 0 aromatic heterocycles. The van der Waals surface area contributed by atoms with Gasteiger partial charge in [-0.15, -0.1) is 0 Å². The Bertz CT molecular complexity index is 2050. The molecule has 1 unspecified atom stereocenters. The zero-order valence-electron chi connectivity index (χ0n) is 29.1. The van der Waals surface area contributed by atoms with Gasteiger partial charge in [0.2, 0.25) is 5.91 Å². The molecule has 4 amide bonds. The van der Waals surface area contributed by atoms with E-state index in [1.54, 1.807) is 12.1 Å². The Hall–Kier alpha value is -5.56. The maximum Gasteiger partial charge on any atom is 0.410 e. The van der Waals surface area contributed by atoms with E-state index in [9.17, 15) is 32.3 Å². The molecular weight excluding hydrogens is 725 g/mol. The first-order chi connectivity index (χ1) is 26.0. The first kappa shape index (κ1) is 36.8. The third kappa shape index (κ3) is 7.20.